The van der Waals surface area contributed by atoms with Crippen LogP contribution in [-0.2, 0) is 14.3 Å². The second kappa shape index (κ2) is 8.84. The van der Waals surface area contributed by atoms with Gasteiger partial charge in [-0.25, -0.2) is 0 Å². The van der Waals surface area contributed by atoms with Crippen molar-refractivity contribution in [1.29, 1.82) is 0 Å². The molecule has 0 saturated carbocycles. The van der Waals surface area contributed by atoms with Gasteiger partial charge in [0.05, 0.1) is 12.2 Å². The number of hydrogen-bond donors (Lipinski definition) is 4. The van der Waals surface area contributed by atoms with Crippen molar-refractivity contribution in [3.8, 4) is 0 Å². The topological polar surface area (TPSA) is 124 Å². The van der Waals surface area contributed by atoms with Crippen LogP contribution in [0, 0.1) is 11.8 Å². The number of carboxylic acid groups (broad SMARTS) is 2. The minimum atomic E-state index is -0.833. The Morgan fingerprint density at radius 1 is 0.947 bits per heavy atom. The van der Waals surface area contributed by atoms with Gasteiger partial charge in [-0.2, -0.15) is 0 Å². The summed E-state index contributed by atoms with van der Waals surface area (Å²) in [5.41, 5.74) is 0. The fourth-order valence-corrected chi connectivity index (χ4v) is 2.38. The molecule has 4 unspecified atom stereocenters. The summed E-state index contributed by atoms with van der Waals surface area (Å²) in [5.74, 6) is -1.28. The lowest BCUT2D eigenvalue weighted by molar-refractivity contribution is -0.135. The van der Waals surface area contributed by atoms with Gasteiger partial charge in [-0.1, -0.05) is 0 Å². The molecule has 0 spiro atoms. The molecule has 0 radical (unpaired) electrons. The zero-order valence-corrected chi connectivity index (χ0v) is 11.2. The van der Waals surface area contributed by atoms with Crippen LogP contribution in [0.25, 0.3) is 0 Å². The first-order valence-corrected chi connectivity index (χ1v) is 6.09. The molecule has 2 aliphatic rings. The maximum Gasteiger partial charge on any atom is 0.300 e. The van der Waals surface area contributed by atoms with E-state index in [0.717, 1.165) is 26.7 Å². The lowest BCUT2D eigenvalue weighted by Crippen LogP contribution is -2.32. The van der Waals surface area contributed by atoms with Crippen LogP contribution in [0.2, 0.25) is 0 Å². The molecule has 0 aromatic heterocycles. The predicted molar refractivity (Wildman–Crippen MR) is 65.7 cm³/mol. The second-order valence-corrected chi connectivity index (χ2v) is 4.52. The van der Waals surface area contributed by atoms with Crippen LogP contribution in [0.3, 0.4) is 0 Å². The normalized spacial score (nSPS) is 30.7. The third kappa shape index (κ3) is 6.51. The molecule has 0 aliphatic carbocycles. The molecule has 0 amide bonds. The van der Waals surface area contributed by atoms with Crippen LogP contribution in [-0.4, -0.2) is 57.8 Å². The molecule has 2 fully saturated rings. The Morgan fingerprint density at radius 3 is 1.42 bits per heavy atom. The summed E-state index contributed by atoms with van der Waals surface area (Å²) in [5, 5.41) is 32.8. The number of aliphatic hydroxyl groups is 2. The van der Waals surface area contributed by atoms with E-state index in [1.54, 1.807) is 0 Å². The lowest BCUT2D eigenvalue weighted by atomic mass is 9.80. The summed E-state index contributed by atoms with van der Waals surface area (Å²) >= 11 is 0. The molecule has 0 aromatic carbocycles. The highest BCUT2D eigenvalue weighted by molar-refractivity contribution is 5.63. The summed E-state index contributed by atoms with van der Waals surface area (Å²) < 4.78 is 5.56. The van der Waals surface area contributed by atoms with Crippen molar-refractivity contribution in [2.75, 3.05) is 13.2 Å². The highest BCUT2D eigenvalue weighted by Gasteiger charge is 2.47. The maximum atomic E-state index is 9.00. The predicted octanol–water partition coefficient (Wildman–Crippen LogP) is -0.0536. The highest BCUT2D eigenvalue weighted by atomic mass is 16.5. The fourth-order valence-electron chi connectivity index (χ4n) is 2.38. The Labute approximate surface area is 111 Å². The van der Waals surface area contributed by atoms with Gasteiger partial charge in [-0.05, 0) is 12.8 Å². The fraction of sp³-hybridized carbons (Fsp3) is 0.833. The summed E-state index contributed by atoms with van der Waals surface area (Å²) in [6.45, 7) is 2.48. The van der Waals surface area contributed by atoms with E-state index in [0.29, 0.717) is 0 Å². The Hall–Kier alpha value is -1.18. The van der Waals surface area contributed by atoms with Crippen molar-refractivity contribution < 1.29 is 34.8 Å². The number of aliphatic carboxylic acids is 2. The third-order valence-corrected chi connectivity index (χ3v) is 3.01. The van der Waals surface area contributed by atoms with Gasteiger partial charge < -0.3 is 25.2 Å². The van der Waals surface area contributed by atoms with E-state index in [2.05, 4.69) is 0 Å². The first-order chi connectivity index (χ1) is 8.83. The summed E-state index contributed by atoms with van der Waals surface area (Å²) in [7, 11) is 0. The molecule has 0 aromatic rings. The smallest absolute Gasteiger partial charge is 0.300 e. The van der Waals surface area contributed by atoms with Gasteiger partial charge in [-0.15, -0.1) is 0 Å². The quantitative estimate of drug-likeness (QED) is 0.558. The van der Waals surface area contributed by atoms with Crippen LogP contribution in [0.5, 0.6) is 0 Å². The van der Waals surface area contributed by atoms with Gasteiger partial charge in [0.1, 0.15) is 0 Å². The van der Waals surface area contributed by atoms with Crippen molar-refractivity contribution in [2.24, 2.45) is 11.8 Å². The highest BCUT2D eigenvalue weighted by Crippen LogP contribution is 2.42. The molecule has 7 nitrogen and oxygen atoms in total. The van der Waals surface area contributed by atoms with Gasteiger partial charge in [0.25, 0.3) is 11.9 Å². The van der Waals surface area contributed by atoms with Crippen LogP contribution >= 0.6 is 0 Å². The SMILES string of the molecule is CC(=O)O.CC(=O)O.OCC1C2CCC(O2)C1CO. The van der Waals surface area contributed by atoms with Crippen LogP contribution < -0.4 is 0 Å². The van der Waals surface area contributed by atoms with E-state index in [9.17, 15) is 0 Å². The number of ether oxygens (including phenoxy) is 1. The van der Waals surface area contributed by atoms with E-state index in [-0.39, 0.29) is 37.3 Å². The van der Waals surface area contributed by atoms with E-state index in [1.165, 1.54) is 0 Å². The van der Waals surface area contributed by atoms with E-state index in [4.69, 9.17) is 34.8 Å². The lowest BCUT2D eigenvalue weighted by Gasteiger charge is -2.24. The molecule has 2 bridgehead atoms. The number of carboxylic acids is 2. The van der Waals surface area contributed by atoms with Gasteiger partial charge in [0.2, 0.25) is 0 Å². The largest absolute Gasteiger partial charge is 0.481 e. The monoisotopic (exact) mass is 278 g/mol. The minimum Gasteiger partial charge on any atom is -0.481 e. The number of fused-ring (bicyclic) bond motifs is 2. The maximum absolute atomic E-state index is 9.00. The van der Waals surface area contributed by atoms with Crippen molar-refractivity contribution in [1.82, 2.24) is 0 Å². The number of carbonyl (C=O) groups is 2. The zero-order chi connectivity index (χ0) is 15.0. The molecule has 4 N–H and O–H groups in total. The summed E-state index contributed by atoms with van der Waals surface area (Å²) in [6.07, 6.45) is 2.57. The molecular formula is C12H22O7. The second-order valence-electron chi connectivity index (χ2n) is 4.52. The first kappa shape index (κ1) is 17.8. The average molecular weight is 278 g/mol. The van der Waals surface area contributed by atoms with Crippen molar-refractivity contribution in [3.05, 3.63) is 0 Å². The molecule has 2 aliphatic heterocycles. The van der Waals surface area contributed by atoms with Crippen LogP contribution in [0.1, 0.15) is 26.7 Å². The Bertz CT molecular complexity index is 256. The number of rotatable bonds is 2. The van der Waals surface area contributed by atoms with E-state index < -0.39 is 11.9 Å². The molecule has 2 saturated heterocycles. The Balaban J connectivity index is 0.000000342. The van der Waals surface area contributed by atoms with Crippen molar-refractivity contribution in [2.45, 2.75) is 38.9 Å². The van der Waals surface area contributed by atoms with Gasteiger partial charge >= 0.3 is 0 Å². The molecule has 112 valence electrons. The Kier molecular flexibility index (Phi) is 8.29. The molecule has 7 heteroatoms. The third-order valence-electron chi connectivity index (χ3n) is 3.01. The van der Waals surface area contributed by atoms with Crippen molar-refractivity contribution in [3.63, 3.8) is 0 Å². The van der Waals surface area contributed by atoms with Crippen LogP contribution in [0.15, 0.2) is 0 Å². The first-order valence-electron chi connectivity index (χ1n) is 6.09. The molecule has 4 atom stereocenters. The van der Waals surface area contributed by atoms with Gasteiger partial charge in [0.15, 0.2) is 0 Å². The van der Waals surface area contributed by atoms with Gasteiger partial charge in [0, 0.05) is 38.9 Å². The molecule has 2 heterocycles. The zero-order valence-electron chi connectivity index (χ0n) is 11.2. The summed E-state index contributed by atoms with van der Waals surface area (Å²) in [6, 6.07) is 0. The molecule has 2 rings (SSSR count). The van der Waals surface area contributed by atoms with E-state index in [1.807, 2.05) is 0 Å². The molecule has 19 heavy (non-hydrogen) atoms. The minimum absolute atomic E-state index is 0.159. The average Bonchev–Trinajstić information content (AvgIpc) is 2.86. The summed E-state index contributed by atoms with van der Waals surface area (Å²) in [4.78, 5) is 18.0. The van der Waals surface area contributed by atoms with Gasteiger partial charge in [-0.3, -0.25) is 9.59 Å². The van der Waals surface area contributed by atoms with Crippen molar-refractivity contribution >= 4 is 11.9 Å². The van der Waals surface area contributed by atoms with Crippen LogP contribution in [0.4, 0.5) is 0 Å². The molecular weight excluding hydrogens is 256 g/mol. The Morgan fingerprint density at radius 2 is 1.21 bits per heavy atom. The van der Waals surface area contributed by atoms with E-state index >= 15 is 0 Å². The standard InChI is InChI=1S/C8H14O3.2C2H4O2/c9-3-5-6(4-10)8-2-1-7(5)11-8;2*1-2(3)4/h5-10H,1-4H2;2*1H3,(H,3,4). The number of hydrogen-bond acceptors (Lipinski definition) is 5. The number of aliphatic hydroxyl groups excluding tert-OH is 2.